The Morgan fingerprint density at radius 3 is 1.68 bits per heavy atom. The summed E-state index contributed by atoms with van der Waals surface area (Å²) >= 11 is 0. The van der Waals surface area contributed by atoms with Gasteiger partial charge in [-0.15, -0.1) is 10.2 Å². The monoisotopic (exact) mass is 844 g/mol. The molecule has 2 saturated heterocycles. The molecule has 10 rings (SSSR count). The highest BCUT2D eigenvalue weighted by Crippen LogP contribution is 2.26. The first-order chi connectivity index (χ1) is 29.5. The van der Waals surface area contributed by atoms with Crippen LogP contribution in [0.25, 0.3) is 22.4 Å². The molecule has 2 fully saturated rings. The van der Waals surface area contributed by atoms with Crippen LogP contribution in [0.4, 0.5) is 20.4 Å². The molecule has 2 aliphatic heterocycles. The molecule has 8 aromatic rings. The number of rotatable bonds is 7. The van der Waals surface area contributed by atoms with Gasteiger partial charge in [-0.3, -0.25) is 4.79 Å². The van der Waals surface area contributed by atoms with Crippen LogP contribution >= 0.6 is 0 Å². The summed E-state index contributed by atoms with van der Waals surface area (Å²) in [6.07, 6.45) is 12.7. The molecule has 320 valence electrons. The molecule has 6 aromatic heterocycles. The van der Waals surface area contributed by atoms with Crippen LogP contribution in [0.1, 0.15) is 52.9 Å². The van der Waals surface area contributed by atoms with E-state index in [1.165, 1.54) is 63.9 Å². The second-order valence-electron chi connectivity index (χ2n) is 14.7. The van der Waals surface area contributed by atoms with Crippen molar-refractivity contribution in [2.24, 2.45) is 5.73 Å². The Balaban J connectivity index is 0.000000153. The van der Waals surface area contributed by atoms with E-state index in [-0.39, 0.29) is 48.7 Å². The number of carbonyl (C=O) groups is 2. The quantitative estimate of drug-likeness (QED) is 0.188. The number of halogens is 2. The minimum Gasteiger partial charge on any atom is -0.475 e. The first-order valence-electron chi connectivity index (χ1n) is 19.5. The predicted octanol–water partition coefficient (Wildman–Crippen LogP) is 5.29. The van der Waals surface area contributed by atoms with E-state index in [9.17, 15) is 18.4 Å². The summed E-state index contributed by atoms with van der Waals surface area (Å²) in [4.78, 5) is 44.6. The third-order valence-electron chi connectivity index (χ3n) is 10.1. The maximum Gasteiger partial charge on any atom is 0.375 e. The van der Waals surface area contributed by atoms with Crippen LogP contribution in [0, 0.1) is 25.5 Å². The van der Waals surface area contributed by atoms with Crippen molar-refractivity contribution < 1.29 is 23.5 Å². The molecule has 2 atom stereocenters. The third kappa shape index (κ3) is 9.57. The summed E-state index contributed by atoms with van der Waals surface area (Å²) in [5.74, 6) is -0.433. The lowest BCUT2D eigenvalue weighted by atomic mass is 10.2. The van der Waals surface area contributed by atoms with Gasteiger partial charge < -0.3 is 34.8 Å². The number of aromatic nitrogens is 10. The summed E-state index contributed by atoms with van der Waals surface area (Å²) in [6, 6.07) is 19.8. The Hall–Kier alpha value is -7.54. The van der Waals surface area contributed by atoms with Gasteiger partial charge >= 0.3 is 5.97 Å². The van der Waals surface area contributed by atoms with Crippen LogP contribution in [0.5, 0.6) is 0 Å². The molecule has 0 radical (unpaired) electrons. The zero-order valence-corrected chi connectivity index (χ0v) is 33.3. The van der Waals surface area contributed by atoms with Gasteiger partial charge in [-0.05, 0) is 99.5 Å². The Bertz CT molecular complexity index is 2800. The van der Waals surface area contributed by atoms with E-state index in [0.29, 0.717) is 17.9 Å². The van der Waals surface area contributed by atoms with Crippen molar-refractivity contribution in [1.29, 1.82) is 0 Å². The predicted molar refractivity (Wildman–Crippen MR) is 229 cm³/mol. The van der Waals surface area contributed by atoms with E-state index in [2.05, 4.69) is 73.6 Å². The Morgan fingerprint density at radius 2 is 1.19 bits per heavy atom. The topological polar surface area (TPSA) is 195 Å². The average molecular weight is 845 g/mol. The van der Waals surface area contributed by atoms with Crippen molar-refractivity contribution in [3.63, 3.8) is 0 Å². The molecule has 62 heavy (non-hydrogen) atoms. The second-order valence-corrected chi connectivity index (χ2v) is 14.7. The van der Waals surface area contributed by atoms with Crippen molar-refractivity contribution in [2.45, 2.75) is 46.2 Å². The maximum absolute atomic E-state index is 13.1. The average Bonchev–Trinajstić information content (AvgIpc) is 4.10. The Kier molecular flexibility index (Phi) is 12.6. The smallest absolute Gasteiger partial charge is 0.375 e. The minimum absolute atomic E-state index is 0. The molecule has 19 heteroatoms. The SMILES string of the molecule is C.Cc1cn2cccc2c(N2CC[C@H](N)C2)n1.Cc1cn2cccc2c(N2CC[C@H](NC(=O)c3ncn(-c4ccc(F)cc4)n3)C2)n1.O=C(O)c1ncn(-c2ccc(F)cc2)n1. The lowest BCUT2D eigenvalue weighted by Gasteiger charge is -2.19. The summed E-state index contributed by atoms with van der Waals surface area (Å²) in [5.41, 5.74) is 11.3. The van der Waals surface area contributed by atoms with Crippen molar-refractivity contribution >= 4 is 34.5 Å². The standard InChI is InChI=1S/C21H20FN7O.C12H16N4.C9H6FN3O2.CH4/c1-14-11-27-9-2-3-18(27)20(24-14)28-10-8-16(12-28)25-21(30)19-23-13-29(26-19)17-6-4-15(22)5-7-17;1-9-7-15-5-2-3-11(15)12(14-9)16-6-4-10(13)8-16;10-6-1-3-7(4-2-6)13-5-11-8(12-13)9(14)15;/h2-7,9,11,13,16H,8,10,12H2,1H3,(H,25,30);2-3,5,7,10H,4,6,8,13H2,1H3;1-5H,(H,14,15);1H4/t16-;10-;;/m00../s1. The number of aryl methyl sites for hydroxylation is 2. The lowest BCUT2D eigenvalue weighted by Crippen LogP contribution is -2.37. The van der Waals surface area contributed by atoms with Crippen LogP contribution in [-0.2, 0) is 0 Å². The van der Waals surface area contributed by atoms with Gasteiger partial charge in [0.05, 0.1) is 33.8 Å². The van der Waals surface area contributed by atoms with Gasteiger partial charge in [0.1, 0.15) is 24.3 Å². The number of hydrogen-bond donors (Lipinski definition) is 3. The van der Waals surface area contributed by atoms with Crippen LogP contribution < -0.4 is 20.9 Å². The van der Waals surface area contributed by atoms with Gasteiger partial charge in [-0.1, -0.05) is 7.43 Å². The minimum atomic E-state index is -1.20. The zero-order chi connectivity index (χ0) is 42.6. The molecule has 4 N–H and O–H groups in total. The zero-order valence-electron chi connectivity index (χ0n) is 33.3. The number of benzene rings is 2. The van der Waals surface area contributed by atoms with Crippen molar-refractivity contribution in [2.75, 3.05) is 36.0 Å². The van der Waals surface area contributed by atoms with E-state index in [1.54, 1.807) is 12.1 Å². The number of nitrogens with two attached hydrogens (primary N) is 1. The highest BCUT2D eigenvalue weighted by molar-refractivity contribution is 5.90. The summed E-state index contributed by atoms with van der Waals surface area (Å²) in [5, 5.41) is 19.5. The number of anilines is 2. The van der Waals surface area contributed by atoms with Crippen molar-refractivity contribution in [1.82, 2.24) is 53.6 Å². The number of hydrogen-bond acceptors (Lipinski definition) is 11. The van der Waals surface area contributed by atoms with Gasteiger partial charge in [0, 0.05) is 63.1 Å². The van der Waals surface area contributed by atoms with Crippen molar-refractivity contribution in [3.05, 3.63) is 145 Å². The number of aromatic carboxylic acids is 1. The summed E-state index contributed by atoms with van der Waals surface area (Å²) < 4.78 is 32.6. The molecular formula is C43H46F2N14O3. The van der Waals surface area contributed by atoms with Gasteiger partial charge in [0.25, 0.3) is 11.7 Å². The van der Waals surface area contributed by atoms with E-state index in [4.69, 9.17) is 15.8 Å². The molecule has 0 unspecified atom stereocenters. The molecular weight excluding hydrogens is 799 g/mol. The Morgan fingerprint density at radius 1 is 0.710 bits per heavy atom. The van der Waals surface area contributed by atoms with Crippen LogP contribution in [0.3, 0.4) is 0 Å². The third-order valence-corrected chi connectivity index (χ3v) is 10.1. The number of carbonyl (C=O) groups excluding carboxylic acids is 1. The van der Waals surface area contributed by atoms with Crippen LogP contribution in [0.2, 0.25) is 0 Å². The molecule has 2 aliphatic rings. The summed E-state index contributed by atoms with van der Waals surface area (Å²) in [6.45, 7) is 7.40. The van der Waals surface area contributed by atoms with Crippen molar-refractivity contribution in [3.8, 4) is 11.4 Å². The van der Waals surface area contributed by atoms with E-state index < -0.39 is 5.97 Å². The number of amides is 1. The van der Waals surface area contributed by atoms with Crippen LogP contribution in [0.15, 0.2) is 110 Å². The molecule has 17 nitrogen and oxygen atoms in total. The van der Waals surface area contributed by atoms with Gasteiger partial charge in [-0.25, -0.2) is 42.9 Å². The van der Waals surface area contributed by atoms with Gasteiger partial charge in [0.2, 0.25) is 5.82 Å². The first-order valence-corrected chi connectivity index (χ1v) is 19.5. The fourth-order valence-corrected chi connectivity index (χ4v) is 7.23. The fourth-order valence-electron chi connectivity index (χ4n) is 7.23. The van der Waals surface area contributed by atoms with E-state index in [0.717, 1.165) is 61.0 Å². The largest absolute Gasteiger partial charge is 0.475 e. The number of carboxylic acids is 1. The molecule has 0 aliphatic carbocycles. The normalized spacial score (nSPS) is 15.8. The second kappa shape index (κ2) is 18.4. The molecule has 8 heterocycles. The highest BCUT2D eigenvalue weighted by Gasteiger charge is 2.28. The van der Waals surface area contributed by atoms with Gasteiger partial charge in [-0.2, -0.15) is 0 Å². The highest BCUT2D eigenvalue weighted by atomic mass is 19.1. The summed E-state index contributed by atoms with van der Waals surface area (Å²) in [7, 11) is 0. The van der Waals surface area contributed by atoms with E-state index in [1.807, 2.05) is 38.4 Å². The molecule has 0 spiro atoms. The number of carboxylic acid groups (broad SMARTS) is 1. The lowest BCUT2D eigenvalue weighted by molar-refractivity contribution is 0.0683. The van der Waals surface area contributed by atoms with Gasteiger partial charge in [0.15, 0.2) is 11.6 Å². The molecule has 1 amide bonds. The first kappa shape index (κ1) is 42.6. The molecule has 0 bridgehead atoms. The maximum atomic E-state index is 13.1. The number of fused-ring (bicyclic) bond motifs is 2. The Labute approximate surface area is 355 Å². The number of nitrogens with one attached hydrogen (secondary N) is 1. The molecule has 2 aromatic carbocycles. The number of nitrogens with zero attached hydrogens (tertiary/aromatic N) is 12. The van der Waals surface area contributed by atoms with Crippen LogP contribution in [-0.4, -0.2) is 104 Å². The molecule has 0 saturated carbocycles. The fraction of sp³-hybridized carbons (Fsp3) is 0.256. The van der Waals surface area contributed by atoms with E-state index >= 15 is 0 Å².